The number of hydrogen-bond donors (Lipinski definition) is 2. The highest BCUT2D eigenvalue weighted by molar-refractivity contribution is 14.1. The molecule has 6 heteroatoms. The molecule has 0 unspecified atom stereocenters. The lowest BCUT2D eigenvalue weighted by Crippen LogP contribution is -2.45. The molecule has 0 aliphatic carbocycles. The first-order valence-electron chi connectivity index (χ1n) is 6.00. The normalized spacial score (nSPS) is 18.4. The van der Waals surface area contributed by atoms with Crippen LogP contribution in [0.15, 0.2) is 12.1 Å². The van der Waals surface area contributed by atoms with Gasteiger partial charge >= 0.3 is 0 Å². The Morgan fingerprint density at radius 2 is 1.89 bits per heavy atom. The van der Waals surface area contributed by atoms with Gasteiger partial charge in [-0.05, 0) is 77.1 Å². The van der Waals surface area contributed by atoms with Crippen LogP contribution < -0.4 is 0 Å². The summed E-state index contributed by atoms with van der Waals surface area (Å²) >= 11 is 4.15. The third-order valence-corrected chi connectivity index (χ3v) is 4.83. The topological polar surface area (TPSA) is 60.8 Å². The summed E-state index contributed by atoms with van der Waals surface area (Å²) in [5.74, 6) is -0.118. The van der Waals surface area contributed by atoms with Crippen LogP contribution in [0.4, 0.5) is 0 Å². The number of amides is 1. The van der Waals surface area contributed by atoms with Gasteiger partial charge in [0.05, 0.1) is 14.7 Å². The maximum atomic E-state index is 12.4. The van der Waals surface area contributed by atoms with Gasteiger partial charge in [-0.2, -0.15) is 0 Å². The second-order valence-electron chi connectivity index (χ2n) is 5.07. The number of halogens is 2. The van der Waals surface area contributed by atoms with Crippen molar-refractivity contribution >= 4 is 51.1 Å². The fourth-order valence-electron chi connectivity index (χ4n) is 2.09. The van der Waals surface area contributed by atoms with Gasteiger partial charge in [0, 0.05) is 16.7 Å². The van der Waals surface area contributed by atoms with Crippen LogP contribution in [0.25, 0.3) is 0 Å². The summed E-state index contributed by atoms with van der Waals surface area (Å²) in [6.45, 7) is 2.83. The van der Waals surface area contributed by atoms with Crippen LogP contribution in [0.5, 0.6) is 5.75 Å². The van der Waals surface area contributed by atoms with Crippen LogP contribution in [0.3, 0.4) is 0 Å². The molecule has 2 N–H and O–H groups in total. The number of aromatic hydroxyl groups is 1. The SMILES string of the molecule is CC1(O)CCN(C(=O)c2cc(I)cc(I)c2O)CC1. The Bertz CT molecular complexity index is 507. The third-order valence-electron chi connectivity index (χ3n) is 3.39. The van der Waals surface area contributed by atoms with E-state index in [2.05, 4.69) is 22.6 Å². The maximum absolute atomic E-state index is 12.4. The van der Waals surface area contributed by atoms with Gasteiger partial charge < -0.3 is 15.1 Å². The van der Waals surface area contributed by atoms with Crippen molar-refractivity contribution in [2.45, 2.75) is 25.4 Å². The number of piperidine rings is 1. The van der Waals surface area contributed by atoms with Crippen LogP contribution >= 0.6 is 45.2 Å². The smallest absolute Gasteiger partial charge is 0.257 e. The number of benzene rings is 1. The van der Waals surface area contributed by atoms with Crippen molar-refractivity contribution in [1.29, 1.82) is 0 Å². The van der Waals surface area contributed by atoms with E-state index < -0.39 is 5.60 Å². The molecule has 0 aromatic heterocycles. The Morgan fingerprint density at radius 1 is 1.32 bits per heavy atom. The molecule has 1 aromatic carbocycles. The first kappa shape index (κ1) is 15.3. The molecule has 2 rings (SSSR count). The van der Waals surface area contributed by atoms with E-state index in [-0.39, 0.29) is 11.7 Å². The molecule has 0 atom stereocenters. The van der Waals surface area contributed by atoms with E-state index in [1.807, 2.05) is 28.7 Å². The van der Waals surface area contributed by atoms with E-state index in [1.54, 1.807) is 17.9 Å². The summed E-state index contributed by atoms with van der Waals surface area (Å²) in [7, 11) is 0. The number of rotatable bonds is 1. The first-order valence-corrected chi connectivity index (χ1v) is 8.15. The van der Waals surface area contributed by atoms with Crippen molar-refractivity contribution < 1.29 is 15.0 Å². The van der Waals surface area contributed by atoms with E-state index in [0.717, 1.165) is 3.57 Å². The van der Waals surface area contributed by atoms with Gasteiger partial charge in [-0.15, -0.1) is 0 Å². The van der Waals surface area contributed by atoms with Gasteiger partial charge in [0.1, 0.15) is 5.75 Å². The van der Waals surface area contributed by atoms with Gasteiger partial charge in [-0.25, -0.2) is 0 Å². The van der Waals surface area contributed by atoms with E-state index in [0.29, 0.717) is 35.1 Å². The van der Waals surface area contributed by atoms with Gasteiger partial charge in [0.15, 0.2) is 0 Å². The molecule has 104 valence electrons. The second kappa shape index (κ2) is 5.72. The lowest BCUT2D eigenvalue weighted by molar-refractivity contribution is -0.00208. The van der Waals surface area contributed by atoms with E-state index >= 15 is 0 Å². The number of phenols is 1. The molecule has 1 amide bonds. The van der Waals surface area contributed by atoms with Crippen LogP contribution in [0.1, 0.15) is 30.1 Å². The fourth-order valence-corrected chi connectivity index (χ4v) is 3.94. The predicted octanol–water partition coefficient (Wildman–Crippen LogP) is 2.59. The number of hydrogen-bond acceptors (Lipinski definition) is 3. The van der Waals surface area contributed by atoms with Gasteiger partial charge in [-0.3, -0.25) is 4.79 Å². The zero-order valence-electron chi connectivity index (χ0n) is 10.5. The van der Waals surface area contributed by atoms with E-state index in [1.165, 1.54) is 0 Å². The minimum absolute atomic E-state index is 0.0448. The Kier molecular flexibility index (Phi) is 4.61. The molecule has 1 aromatic rings. The van der Waals surface area contributed by atoms with Crippen molar-refractivity contribution in [3.8, 4) is 5.75 Å². The van der Waals surface area contributed by atoms with E-state index in [4.69, 9.17) is 0 Å². The van der Waals surface area contributed by atoms with Crippen LogP contribution in [0.2, 0.25) is 0 Å². The molecule has 4 nitrogen and oxygen atoms in total. The largest absolute Gasteiger partial charge is 0.506 e. The summed E-state index contributed by atoms with van der Waals surface area (Å²) in [5.41, 5.74) is -0.337. The molecule has 0 spiro atoms. The molecule has 1 aliphatic heterocycles. The van der Waals surface area contributed by atoms with Gasteiger partial charge in [0.25, 0.3) is 5.91 Å². The number of likely N-dealkylation sites (tertiary alicyclic amines) is 1. The summed E-state index contributed by atoms with van der Waals surface area (Å²) in [5, 5.41) is 19.9. The Morgan fingerprint density at radius 3 is 2.47 bits per heavy atom. The van der Waals surface area contributed by atoms with Gasteiger partial charge in [0.2, 0.25) is 0 Å². The van der Waals surface area contributed by atoms with Crippen molar-refractivity contribution in [1.82, 2.24) is 4.90 Å². The standard InChI is InChI=1S/C13H15I2NO3/c1-13(19)2-4-16(5-3-13)12(18)9-6-8(14)7-10(15)11(9)17/h6-7,17,19H,2-5H2,1H3. The van der Waals surface area contributed by atoms with Crippen LogP contribution in [0, 0.1) is 7.14 Å². The minimum atomic E-state index is -0.682. The zero-order chi connectivity index (χ0) is 14.2. The maximum Gasteiger partial charge on any atom is 0.257 e. The molecule has 0 radical (unpaired) electrons. The molecule has 0 saturated carbocycles. The monoisotopic (exact) mass is 487 g/mol. The van der Waals surface area contributed by atoms with Crippen molar-refractivity contribution in [3.63, 3.8) is 0 Å². The van der Waals surface area contributed by atoms with Gasteiger partial charge in [-0.1, -0.05) is 0 Å². The molecule has 1 aliphatic rings. The van der Waals surface area contributed by atoms with Crippen LogP contribution in [-0.4, -0.2) is 39.7 Å². The second-order valence-corrected chi connectivity index (χ2v) is 7.48. The van der Waals surface area contributed by atoms with Crippen molar-refractivity contribution in [2.24, 2.45) is 0 Å². The lowest BCUT2D eigenvalue weighted by Gasteiger charge is -2.35. The Hall–Kier alpha value is -0.0900. The molecule has 1 saturated heterocycles. The van der Waals surface area contributed by atoms with Crippen molar-refractivity contribution in [3.05, 3.63) is 24.8 Å². The highest BCUT2D eigenvalue weighted by atomic mass is 127. The highest BCUT2D eigenvalue weighted by Crippen LogP contribution is 2.29. The number of phenolic OH excluding ortho intramolecular Hbond substituents is 1. The molecule has 19 heavy (non-hydrogen) atoms. The molecular weight excluding hydrogens is 472 g/mol. The lowest BCUT2D eigenvalue weighted by atomic mass is 9.93. The summed E-state index contributed by atoms with van der Waals surface area (Å²) < 4.78 is 1.60. The highest BCUT2D eigenvalue weighted by Gasteiger charge is 2.31. The quantitative estimate of drug-likeness (QED) is 0.600. The molecule has 1 fully saturated rings. The fraction of sp³-hybridized carbons (Fsp3) is 0.462. The number of carbonyl (C=O) groups excluding carboxylic acids is 1. The number of carbonyl (C=O) groups is 1. The third kappa shape index (κ3) is 3.52. The Labute approximate surface area is 139 Å². The zero-order valence-corrected chi connectivity index (χ0v) is 14.8. The Balaban J connectivity index is 2.21. The number of nitrogens with zero attached hydrogens (tertiary/aromatic N) is 1. The average Bonchev–Trinajstić information content (AvgIpc) is 2.33. The summed E-state index contributed by atoms with van der Waals surface area (Å²) in [6, 6.07) is 3.53. The van der Waals surface area contributed by atoms with Crippen LogP contribution in [-0.2, 0) is 0 Å². The average molecular weight is 487 g/mol. The predicted molar refractivity (Wildman–Crippen MR) is 89.3 cm³/mol. The molecule has 1 heterocycles. The first-order chi connectivity index (χ1) is 8.80. The molecular formula is C13H15I2NO3. The van der Waals surface area contributed by atoms with Crippen molar-refractivity contribution in [2.75, 3.05) is 13.1 Å². The summed E-state index contributed by atoms with van der Waals surface area (Å²) in [6.07, 6.45) is 1.14. The number of aliphatic hydroxyl groups is 1. The summed E-state index contributed by atoms with van der Waals surface area (Å²) in [4.78, 5) is 14.1. The molecule has 0 bridgehead atoms. The minimum Gasteiger partial charge on any atom is -0.506 e. The van der Waals surface area contributed by atoms with E-state index in [9.17, 15) is 15.0 Å².